The second-order valence-electron chi connectivity index (χ2n) is 6.57. The molecule has 7 heteroatoms. The van der Waals surface area contributed by atoms with Gasteiger partial charge in [0, 0.05) is 31.2 Å². The Hall–Kier alpha value is -0.570. The molecule has 0 bridgehead atoms. The van der Waals surface area contributed by atoms with Crippen LogP contribution in [0.2, 0.25) is 5.02 Å². The van der Waals surface area contributed by atoms with E-state index in [4.69, 9.17) is 11.6 Å². The van der Waals surface area contributed by atoms with Crippen LogP contribution in [0.4, 0.5) is 0 Å². The van der Waals surface area contributed by atoms with Crippen LogP contribution in [0.1, 0.15) is 44.7 Å². The van der Waals surface area contributed by atoms with Crippen LogP contribution < -0.4 is 10.6 Å². The van der Waals surface area contributed by atoms with Crippen molar-refractivity contribution in [3.63, 3.8) is 0 Å². The topological polar surface area (TPSA) is 59.9 Å². The van der Waals surface area contributed by atoms with Gasteiger partial charge in [0.2, 0.25) is 0 Å². The van der Waals surface area contributed by atoms with Crippen molar-refractivity contribution >= 4 is 41.5 Å². The number of aliphatic hydroxyl groups excluding tert-OH is 1. The highest BCUT2D eigenvalue weighted by Crippen LogP contribution is 2.21. The highest BCUT2D eigenvalue weighted by molar-refractivity contribution is 14.0. The van der Waals surface area contributed by atoms with Crippen LogP contribution in [-0.4, -0.2) is 54.8 Å². The predicted octanol–water partition coefficient (Wildman–Crippen LogP) is 3.42. The Labute approximate surface area is 179 Å². The Kier molecular flexibility index (Phi) is 11.5. The molecule has 26 heavy (non-hydrogen) atoms. The SMILES string of the molecule is CCNC(=NCCCN1CCC(O)CC1)NC(C)c1ccccc1Cl.I. The zero-order valence-electron chi connectivity index (χ0n) is 15.7. The van der Waals surface area contributed by atoms with Crippen molar-refractivity contribution < 1.29 is 5.11 Å². The van der Waals surface area contributed by atoms with Crippen LogP contribution in [0.25, 0.3) is 0 Å². The van der Waals surface area contributed by atoms with Crippen molar-refractivity contribution in [1.29, 1.82) is 0 Å². The number of piperidine rings is 1. The summed E-state index contributed by atoms with van der Waals surface area (Å²) in [5.41, 5.74) is 1.07. The Morgan fingerprint density at radius 3 is 2.69 bits per heavy atom. The zero-order chi connectivity index (χ0) is 18.1. The molecule has 0 aromatic heterocycles. The normalized spacial score (nSPS) is 17.5. The summed E-state index contributed by atoms with van der Waals surface area (Å²) in [6.45, 7) is 8.79. The van der Waals surface area contributed by atoms with E-state index in [1.807, 2.05) is 24.3 Å². The van der Waals surface area contributed by atoms with Gasteiger partial charge in [0.15, 0.2) is 5.96 Å². The molecule has 0 saturated carbocycles. The monoisotopic (exact) mass is 494 g/mol. The van der Waals surface area contributed by atoms with Crippen molar-refractivity contribution in [2.24, 2.45) is 4.99 Å². The van der Waals surface area contributed by atoms with E-state index in [2.05, 4.69) is 34.4 Å². The maximum atomic E-state index is 9.55. The Balaban J connectivity index is 0.00000338. The van der Waals surface area contributed by atoms with Gasteiger partial charge in [0.1, 0.15) is 0 Å². The summed E-state index contributed by atoms with van der Waals surface area (Å²) in [5, 5.41) is 17.0. The van der Waals surface area contributed by atoms with Crippen LogP contribution in [0.3, 0.4) is 0 Å². The summed E-state index contributed by atoms with van der Waals surface area (Å²) in [5.74, 6) is 0.823. The van der Waals surface area contributed by atoms with E-state index in [1.165, 1.54) is 0 Å². The van der Waals surface area contributed by atoms with E-state index in [9.17, 15) is 5.11 Å². The molecule has 2 rings (SSSR count). The summed E-state index contributed by atoms with van der Waals surface area (Å²) in [6, 6.07) is 7.98. The highest BCUT2D eigenvalue weighted by atomic mass is 127. The zero-order valence-corrected chi connectivity index (χ0v) is 18.8. The van der Waals surface area contributed by atoms with E-state index in [0.717, 1.165) is 68.5 Å². The molecule has 0 aliphatic carbocycles. The van der Waals surface area contributed by atoms with Crippen LogP contribution in [0.5, 0.6) is 0 Å². The van der Waals surface area contributed by atoms with Gasteiger partial charge in [-0.25, -0.2) is 0 Å². The summed E-state index contributed by atoms with van der Waals surface area (Å²) in [6.07, 6.45) is 2.70. The number of hydrogen-bond acceptors (Lipinski definition) is 3. The average molecular weight is 495 g/mol. The first-order chi connectivity index (χ1) is 12.1. The Morgan fingerprint density at radius 1 is 1.35 bits per heavy atom. The van der Waals surface area contributed by atoms with E-state index in [-0.39, 0.29) is 36.1 Å². The molecule has 1 aromatic rings. The number of benzene rings is 1. The summed E-state index contributed by atoms with van der Waals surface area (Å²) in [7, 11) is 0. The number of guanidine groups is 1. The fourth-order valence-electron chi connectivity index (χ4n) is 3.06. The number of aliphatic imine (C=N–C) groups is 1. The molecule has 0 amide bonds. The van der Waals surface area contributed by atoms with Gasteiger partial charge in [0.05, 0.1) is 12.1 Å². The van der Waals surface area contributed by atoms with E-state index in [0.29, 0.717) is 0 Å². The van der Waals surface area contributed by atoms with Crippen LogP contribution in [0, 0.1) is 0 Å². The average Bonchev–Trinajstić information content (AvgIpc) is 2.60. The Morgan fingerprint density at radius 2 is 2.04 bits per heavy atom. The van der Waals surface area contributed by atoms with E-state index >= 15 is 0 Å². The number of halogens is 2. The van der Waals surface area contributed by atoms with Gasteiger partial charge in [-0.2, -0.15) is 0 Å². The van der Waals surface area contributed by atoms with Crippen LogP contribution >= 0.6 is 35.6 Å². The summed E-state index contributed by atoms with van der Waals surface area (Å²) in [4.78, 5) is 7.09. The smallest absolute Gasteiger partial charge is 0.191 e. The lowest BCUT2D eigenvalue weighted by atomic mass is 10.1. The molecule has 1 aromatic carbocycles. The van der Waals surface area contributed by atoms with Crippen molar-refractivity contribution in [2.45, 2.75) is 45.3 Å². The molecule has 5 nitrogen and oxygen atoms in total. The molecule has 1 fully saturated rings. The van der Waals surface area contributed by atoms with Gasteiger partial charge in [-0.1, -0.05) is 29.8 Å². The molecule has 148 valence electrons. The molecule has 3 N–H and O–H groups in total. The molecular formula is C19H32ClIN4O. The molecule has 1 heterocycles. The number of likely N-dealkylation sites (tertiary alicyclic amines) is 1. The first-order valence-electron chi connectivity index (χ1n) is 9.29. The van der Waals surface area contributed by atoms with Crippen molar-refractivity contribution in [3.8, 4) is 0 Å². The quantitative estimate of drug-likeness (QED) is 0.235. The van der Waals surface area contributed by atoms with Gasteiger partial charge in [-0.05, 0) is 51.3 Å². The third-order valence-electron chi connectivity index (χ3n) is 4.53. The third kappa shape index (κ3) is 7.98. The molecule has 1 unspecified atom stereocenters. The summed E-state index contributed by atoms with van der Waals surface area (Å²) < 4.78 is 0. The number of aliphatic hydroxyl groups is 1. The third-order valence-corrected chi connectivity index (χ3v) is 4.87. The molecule has 1 aliphatic heterocycles. The lowest BCUT2D eigenvalue weighted by Crippen LogP contribution is -2.39. The number of nitrogens with zero attached hydrogens (tertiary/aromatic N) is 2. The minimum atomic E-state index is -0.106. The Bertz CT molecular complexity index is 550. The van der Waals surface area contributed by atoms with Crippen molar-refractivity contribution in [3.05, 3.63) is 34.9 Å². The maximum Gasteiger partial charge on any atom is 0.191 e. The van der Waals surface area contributed by atoms with Crippen molar-refractivity contribution in [1.82, 2.24) is 15.5 Å². The van der Waals surface area contributed by atoms with Crippen LogP contribution in [0.15, 0.2) is 29.3 Å². The summed E-state index contributed by atoms with van der Waals surface area (Å²) >= 11 is 6.28. The van der Waals surface area contributed by atoms with Crippen molar-refractivity contribution in [2.75, 3.05) is 32.7 Å². The van der Waals surface area contributed by atoms with Gasteiger partial charge >= 0.3 is 0 Å². The lowest BCUT2D eigenvalue weighted by molar-refractivity contribution is 0.0824. The molecule has 0 radical (unpaired) electrons. The molecule has 1 atom stereocenters. The second-order valence-corrected chi connectivity index (χ2v) is 6.98. The fraction of sp³-hybridized carbons (Fsp3) is 0.632. The van der Waals surface area contributed by atoms with Gasteiger partial charge in [-0.15, -0.1) is 24.0 Å². The first kappa shape index (κ1) is 23.5. The van der Waals surface area contributed by atoms with Gasteiger partial charge < -0.3 is 20.6 Å². The number of nitrogens with one attached hydrogen (secondary N) is 2. The first-order valence-corrected chi connectivity index (χ1v) is 9.67. The predicted molar refractivity (Wildman–Crippen MR) is 121 cm³/mol. The fourth-order valence-corrected chi connectivity index (χ4v) is 3.36. The minimum absolute atomic E-state index is 0. The van der Waals surface area contributed by atoms with Crippen LogP contribution in [-0.2, 0) is 0 Å². The standard InChI is InChI=1S/C19H31ClN4O.HI/c1-3-21-19(23-15(2)17-7-4-5-8-18(17)20)22-11-6-12-24-13-9-16(25)10-14-24;/h4-5,7-8,15-16,25H,3,6,9-14H2,1-2H3,(H2,21,22,23);1H. The number of rotatable bonds is 7. The minimum Gasteiger partial charge on any atom is -0.393 e. The van der Waals surface area contributed by atoms with Gasteiger partial charge in [-0.3, -0.25) is 4.99 Å². The molecule has 1 aliphatic rings. The largest absolute Gasteiger partial charge is 0.393 e. The number of hydrogen-bond donors (Lipinski definition) is 3. The molecule has 0 spiro atoms. The van der Waals surface area contributed by atoms with E-state index < -0.39 is 0 Å². The second kappa shape index (κ2) is 12.8. The maximum absolute atomic E-state index is 9.55. The highest BCUT2D eigenvalue weighted by Gasteiger charge is 2.16. The molecule has 1 saturated heterocycles. The van der Waals surface area contributed by atoms with Gasteiger partial charge in [0.25, 0.3) is 0 Å². The van der Waals surface area contributed by atoms with E-state index in [1.54, 1.807) is 0 Å². The molecular weight excluding hydrogens is 463 g/mol. The lowest BCUT2D eigenvalue weighted by Gasteiger charge is -2.29.